The van der Waals surface area contributed by atoms with Crippen LogP contribution in [0.25, 0.3) is 0 Å². The Kier molecular flexibility index (Phi) is 4.43. The van der Waals surface area contributed by atoms with Crippen molar-refractivity contribution in [3.05, 3.63) is 24.3 Å². The van der Waals surface area contributed by atoms with Crippen LogP contribution in [0.15, 0.2) is 24.3 Å². The van der Waals surface area contributed by atoms with Gasteiger partial charge in [0, 0.05) is 6.42 Å². The Balaban J connectivity index is 2.43. The Bertz CT molecular complexity index is 316. The second kappa shape index (κ2) is 5.93. The number of hydrogen-bond donors (Lipinski definition) is 0. The van der Waals surface area contributed by atoms with Crippen molar-refractivity contribution >= 4 is 0 Å². The minimum Gasteiger partial charge on any atom is -0.497 e. The molecule has 2 nitrogen and oxygen atoms in total. The average molecular weight is 190 g/mol. The van der Waals surface area contributed by atoms with Crippen molar-refractivity contribution in [1.29, 1.82) is 0 Å². The molecule has 0 saturated heterocycles. The molecule has 1 rings (SSSR count). The van der Waals surface area contributed by atoms with E-state index in [0.717, 1.165) is 17.9 Å². The summed E-state index contributed by atoms with van der Waals surface area (Å²) >= 11 is 0. The molecule has 74 valence electrons. The molecule has 0 unspecified atom stereocenters. The van der Waals surface area contributed by atoms with Gasteiger partial charge in [-0.05, 0) is 24.3 Å². The van der Waals surface area contributed by atoms with E-state index in [9.17, 15) is 0 Å². The van der Waals surface area contributed by atoms with E-state index in [1.165, 1.54) is 0 Å². The standard InChI is InChI=1S/C12H14O2/c1-3-4-5-10-14-12-8-6-11(13-2)7-9-12/h6-9H,3,10H2,1-2H3. The molecule has 0 heterocycles. The van der Waals surface area contributed by atoms with E-state index in [-0.39, 0.29) is 0 Å². The van der Waals surface area contributed by atoms with Gasteiger partial charge in [0.2, 0.25) is 0 Å². The summed E-state index contributed by atoms with van der Waals surface area (Å²) in [6, 6.07) is 7.46. The van der Waals surface area contributed by atoms with E-state index >= 15 is 0 Å². The minimum atomic E-state index is 0.445. The second-order valence-electron chi connectivity index (χ2n) is 2.67. The van der Waals surface area contributed by atoms with Gasteiger partial charge in [-0.25, -0.2) is 0 Å². The van der Waals surface area contributed by atoms with E-state index < -0.39 is 0 Å². The SMILES string of the molecule is CCC#CCOc1ccc(OC)cc1. The quantitative estimate of drug-likeness (QED) is 0.682. The summed E-state index contributed by atoms with van der Waals surface area (Å²) < 4.78 is 10.4. The molecule has 0 N–H and O–H groups in total. The minimum absolute atomic E-state index is 0.445. The first-order chi connectivity index (χ1) is 6.86. The highest BCUT2D eigenvalue weighted by atomic mass is 16.5. The Labute approximate surface area is 84.8 Å². The summed E-state index contributed by atoms with van der Waals surface area (Å²) in [5, 5.41) is 0. The van der Waals surface area contributed by atoms with Gasteiger partial charge in [0.25, 0.3) is 0 Å². The zero-order valence-corrected chi connectivity index (χ0v) is 8.54. The van der Waals surface area contributed by atoms with Crippen molar-refractivity contribution < 1.29 is 9.47 Å². The molecule has 0 spiro atoms. The third-order valence-corrected chi connectivity index (χ3v) is 1.67. The van der Waals surface area contributed by atoms with Gasteiger partial charge < -0.3 is 9.47 Å². The van der Waals surface area contributed by atoms with Crippen LogP contribution in [-0.4, -0.2) is 13.7 Å². The fraction of sp³-hybridized carbons (Fsp3) is 0.333. The summed E-state index contributed by atoms with van der Waals surface area (Å²) in [5.41, 5.74) is 0. The van der Waals surface area contributed by atoms with E-state index in [1.807, 2.05) is 31.2 Å². The van der Waals surface area contributed by atoms with Gasteiger partial charge in [-0.15, -0.1) is 5.92 Å². The first-order valence-corrected chi connectivity index (χ1v) is 4.59. The average Bonchev–Trinajstić information content (AvgIpc) is 2.25. The summed E-state index contributed by atoms with van der Waals surface area (Å²) in [6.07, 6.45) is 0.867. The lowest BCUT2D eigenvalue weighted by Crippen LogP contribution is -1.93. The zero-order valence-electron chi connectivity index (χ0n) is 8.54. The normalized spacial score (nSPS) is 8.71. The first-order valence-electron chi connectivity index (χ1n) is 4.59. The molecule has 0 bridgehead atoms. The Morgan fingerprint density at radius 1 is 1.07 bits per heavy atom. The smallest absolute Gasteiger partial charge is 0.149 e. The van der Waals surface area contributed by atoms with Crippen LogP contribution in [0.3, 0.4) is 0 Å². The maximum Gasteiger partial charge on any atom is 0.149 e. The Morgan fingerprint density at radius 3 is 2.29 bits per heavy atom. The molecule has 0 aliphatic rings. The number of benzene rings is 1. The molecular weight excluding hydrogens is 176 g/mol. The zero-order chi connectivity index (χ0) is 10.2. The van der Waals surface area contributed by atoms with Gasteiger partial charge in [-0.2, -0.15) is 0 Å². The highest BCUT2D eigenvalue weighted by Gasteiger charge is 1.92. The highest BCUT2D eigenvalue weighted by molar-refractivity contribution is 5.31. The molecular formula is C12H14O2. The largest absolute Gasteiger partial charge is 0.497 e. The molecule has 2 heteroatoms. The fourth-order valence-electron chi connectivity index (χ4n) is 0.967. The third kappa shape index (κ3) is 3.40. The van der Waals surface area contributed by atoms with Gasteiger partial charge >= 0.3 is 0 Å². The summed E-state index contributed by atoms with van der Waals surface area (Å²) in [4.78, 5) is 0. The van der Waals surface area contributed by atoms with Crippen molar-refractivity contribution in [2.45, 2.75) is 13.3 Å². The molecule has 0 atom stereocenters. The number of methoxy groups -OCH3 is 1. The van der Waals surface area contributed by atoms with Gasteiger partial charge in [-0.3, -0.25) is 0 Å². The van der Waals surface area contributed by atoms with Crippen molar-refractivity contribution in [2.24, 2.45) is 0 Å². The molecule has 0 radical (unpaired) electrons. The van der Waals surface area contributed by atoms with Crippen LogP contribution in [0, 0.1) is 11.8 Å². The van der Waals surface area contributed by atoms with Gasteiger partial charge in [-0.1, -0.05) is 12.8 Å². The van der Waals surface area contributed by atoms with Crippen molar-refractivity contribution in [3.8, 4) is 23.3 Å². The van der Waals surface area contributed by atoms with Crippen LogP contribution in [0.1, 0.15) is 13.3 Å². The topological polar surface area (TPSA) is 18.5 Å². The van der Waals surface area contributed by atoms with Crippen molar-refractivity contribution in [3.63, 3.8) is 0 Å². The third-order valence-electron chi connectivity index (χ3n) is 1.67. The number of rotatable bonds is 3. The molecule has 0 saturated carbocycles. The molecule has 0 aromatic heterocycles. The Hall–Kier alpha value is -1.62. The van der Waals surface area contributed by atoms with Crippen LogP contribution in [-0.2, 0) is 0 Å². The van der Waals surface area contributed by atoms with E-state index in [2.05, 4.69) is 11.8 Å². The summed E-state index contributed by atoms with van der Waals surface area (Å²) in [5.74, 6) is 7.50. The predicted molar refractivity (Wildman–Crippen MR) is 56.6 cm³/mol. The van der Waals surface area contributed by atoms with Crippen LogP contribution < -0.4 is 9.47 Å². The van der Waals surface area contributed by atoms with E-state index in [1.54, 1.807) is 7.11 Å². The predicted octanol–water partition coefficient (Wildman–Crippen LogP) is 2.49. The summed E-state index contributed by atoms with van der Waals surface area (Å²) in [7, 11) is 1.64. The second-order valence-corrected chi connectivity index (χ2v) is 2.67. The van der Waals surface area contributed by atoms with Crippen LogP contribution in [0.2, 0.25) is 0 Å². The monoisotopic (exact) mass is 190 g/mol. The van der Waals surface area contributed by atoms with Crippen molar-refractivity contribution in [2.75, 3.05) is 13.7 Å². The summed E-state index contributed by atoms with van der Waals surface area (Å²) in [6.45, 7) is 2.46. The molecule has 0 aliphatic heterocycles. The molecule has 1 aromatic carbocycles. The lowest BCUT2D eigenvalue weighted by Gasteiger charge is -2.03. The highest BCUT2D eigenvalue weighted by Crippen LogP contribution is 2.16. The molecule has 0 amide bonds. The van der Waals surface area contributed by atoms with E-state index in [0.29, 0.717) is 6.61 Å². The van der Waals surface area contributed by atoms with Crippen LogP contribution in [0.4, 0.5) is 0 Å². The van der Waals surface area contributed by atoms with E-state index in [4.69, 9.17) is 9.47 Å². The molecule has 0 fully saturated rings. The lowest BCUT2D eigenvalue weighted by molar-refractivity contribution is 0.367. The van der Waals surface area contributed by atoms with Gasteiger partial charge in [0.1, 0.15) is 18.1 Å². The molecule has 14 heavy (non-hydrogen) atoms. The molecule has 1 aromatic rings. The lowest BCUT2D eigenvalue weighted by atomic mass is 10.3. The number of ether oxygens (including phenoxy) is 2. The Morgan fingerprint density at radius 2 is 1.71 bits per heavy atom. The van der Waals surface area contributed by atoms with Crippen LogP contribution in [0.5, 0.6) is 11.5 Å². The maximum atomic E-state index is 5.38. The van der Waals surface area contributed by atoms with Crippen molar-refractivity contribution in [1.82, 2.24) is 0 Å². The maximum absolute atomic E-state index is 5.38. The molecule has 0 aliphatic carbocycles. The number of hydrogen-bond acceptors (Lipinski definition) is 2. The fourth-order valence-corrected chi connectivity index (χ4v) is 0.967. The van der Waals surface area contributed by atoms with Gasteiger partial charge in [0.15, 0.2) is 0 Å². The van der Waals surface area contributed by atoms with Crippen LogP contribution >= 0.6 is 0 Å². The first kappa shape index (κ1) is 10.5. The van der Waals surface area contributed by atoms with Gasteiger partial charge in [0.05, 0.1) is 7.11 Å².